The van der Waals surface area contributed by atoms with Gasteiger partial charge in [-0.25, -0.2) is 0 Å². The third-order valence-corrected chi connectivity index (χ3v) is 3.77. The van der Waals surface area contributed by atoms with Gasteiger partial charge in [-0.3, -0.25) is 0 Å². The van der Waals surface area contributed by atoms with Crippen LogP contribution in [-0.4, -0.2) is 19.3 Å². The molecule has 0 radical (unpaired) electrons. The van der Waals surface area contributed by atoms with E-state index < -0.39 is 12.6 Å². The van der Waals surface area contributed by atoms with E-state index in [9.17, 15) is 13.2 Å². The number of fused-ring (bicyclic) bond motifs is 1. The smallest absolute Gasteiger partial charge is 0.317 e. The Bertz CT molecular complexity index is 572. The lowest BCUT2D eigenvalue weighted by molar-refractivity contribution is -0.135. The van der Waals surface area contributed by atoms with Crippen molar-refractivity contribution in [3.05, 3.63) is 48.0 Å². The SMILES string of the molecule is CNC(CCCC(F)(F)F)Cc1cccc2ccccc12. The molecule has 0 aliphatic heterocycles. The molecule has 2 rings (SSSR count). The van der Waals surface area contributed by atoms with Crippen LogP contribution in [0.25, 0.3) is 10.8 Å². The zero-order valence-corrected chi connectivity index (χ0v) is 12.1. The summed E-state index contributed by atoms with van der Waals surface area (Å²) in [7, 11) is 1.81. The van der Waals surface area contributed by atoms with Crippen LogP contribution in [0.5, 0.6) is 0 Å². The average Bonchev–Trinajstić information content (AvgIpc) is 2.45. The van der Waals surface area contributed by atoms with Crippen LogP contribution in [0.15, 0.2) is 42.5 Å². The van der Waals surface area contributed by atoms with E-state index in [1.54, 1.807) is 0 Å². The second kappa shape index (κ2) is 6.94. The normalized spacial score (nSPS) is 13.5. The first-order chi connectivity index (χ1) is 9.99. The highest BCUT2D eigenvalue weighted by Gasteiger charge is 2.26. The van der Waals surface area contributed by atoms with Crippen LogP contribution in [0.2, 0.25) is 0 Å². The number of likely N-dealkylation sites (N-methyl/N-ethyl adjacent to an activating group) is 1. The van der Waals surface area contributed by atoms with Crippen LogP contribution in [0.1, 0.15) is 24.8 Å². The molecule has 0 aromatic heterocycles. The number of rotatable bonds is 6. The Morgan fingerprint density at radius 1 is 1.05 bits per heavy atom. The first-order valence-electron chi connectivity index (χ1n) is 7.20. The number of nitrogens with one attached hydrogen (secondary N) is 1. The molecule has 2 aromatic carbocycles. The first kappa shape index (κ1) is 15.8. The maximum absolute atomic E-state index is 12.2. The molecule has 0 aliphatic rings. The Labute approximate surface area is 123 Å². The molecule has 4 heteroatoms. The average molecular weight is 295 g/mol. The molecule has 1 atom stereocenters. The molecule has 1 nitrogen and oxygen atoms in total. The van der Waals surface area contributed by atoms with Crippen LogP contribution in [0.4, 0.5) is 13.2 Å². The minimum absolute atomic E-state index is 0.0677. The van der Waals surface area contributed by atoms with Crippen LogP contribution in [-0.2, 0) is 6.42 Å². The van der Waals surface area contributed by atoms with E-state index in [2.05, 4.69) is 29.6 Å². The Hall–Kier alpha value is -1.55. The predicted molar refractivity (Wildman–Crippen MR) is 80.4 cm³/mol. The van der Waals surface area contributed by atoms with E-state index in [-0.39, 0.29) is 12.5 Å². The van der Waals surface area contributed by atoms with Crippen molar-refractivity contribution < 1.29 is 13.2 Å². The summed E-state index contributed by atoms with van der Waals surface area (Å²) in [6.07, 6.45) is -3.33. The molecule has 0 saturated carbocycles. The fourth-order valence-electron chi connectivity index (χ4n) is 2.63. The predicted octanol–water partition coefficient (Wildman–Crippen LogP) is 4.70. The monoisotopic (exact) mass is 295 g/mol. The summed E-state index contributed by atoms with van der Waals surface area (Å²) in [4.78, 5) is 0. The molecule has 1 N–H and O–H groups in total. The number of hydrogen-bond donors (Lipinski definition) is 1. The van der Waals surface area contributed by atoms with Gasteiger partial charge in [0.2, 0.25) is 0 Å². The van der Waals surface area contributed by atoms with Crippen molar-refractivity contribution >= 4 is 10.8 Å². The van der Waals surface area contributed by atoms with Crippen molar-refractivity contribution in [1.82, 2.24) is 5.32 Å². The van der Waals surface area contributed by atoms with Crippen LogP contribution >= 0.6 is 0 Å². The molecule has 21 heavy (non-hydrogen) atoms. The molecule has 0 amide bonds. The lowest BCUT2D eigenvalue weighted by atomic mass is 9.96. The van der Waals surface area contributed by atoms with Gasteiger partial charge in [0.25, 0.3) is 0 Å². The maximum atomic E-state index is 12.2. The zero-order valence-electron chi connectivity index (χ0n) is 12.1. The Kier molecular flexibility index (Phi) is 5.23. The Balaban J connectivity index is 2.03. The second-order valence-electron chi connectivity index (χ2n) is 5.34. The summed E-state index contributed by atoms with van der Waals surface area (Å²) >= 11 is 0. The van der Waals surface area contributed by atoms with E-state index in [0.29, 0.717) is 6.42 Å². The molecule has 1 unspecified atom stereocenters. The van der Waals surface area contributed by atoms with Gasteiger partial charge in [-0.2, -0.15) is 13.2 Å². The van der Waals surface area contributed by atoms with Crippen molar-refractivity contribution in [1.29, 1.82) is 0 Å². The van der Waals surface area contributed by atoms with E-state index in [0.717, 1.165) is 6.42 Å². The molecule has 0 spiro atoms. The number of halogens is 3. The summed E-state index contributed by atoms with van der Waals surface area (Å²) in [5.41, 5.74) is 1.18. The van der Waals surface area contributed by atoms with Crippen LogP contribution in [0, 0.1) is 0 Å². The van der Waals surface area contributed by atoms with Crippen molar-refractivity contribution in [3.63, 3.8) is 0 Å². The van der Waals surface area contributed by atoms with Gasteiger partial charge in [-0.15, -0.1) is 0 Å². The second-order valence-corrected chi connectivity index (χ2v) is 5.34. The maximum Gasteiger partial charge on any atom is 0.389 e. The largest absolute Gasteiger partial charge is 0.389 e. The quantitative estimate of drug-likeness (QED) is 0.814. The van der Waals surface area contributed by atoms with Crippen LogP contribution < -0.4 is 5.32 Å². The summed E-state index contributed by atoms with van der Waals surface area (Å²) < 4.78 is 36.7. The fourth-order valence-corrected chi connectivity index (χ4v) is 2.63. The molecule has 0 heterocycles. The minimum Gasteiger partial charge on any atom is -0.317 e. The van der Waals surface area contributed by atoms with E-state index in [1.807, 2.05) is 25.2 Å². The highest BCUT2D eigenvalue weighted by atomic mass is 19.4. The molecule has 114 valence electrons. The molecular weight excluding hydrogens is 275 g/mol. The van der Waals surface area contributed by atoms with Gasteiger partial charge in [0.05, 0.1) is 0 Å². The molecule has 0 aliphatic carbocycles. The molecule has 0 bridgehead atoms. The van der Waals surface area contributed by atoms with Gasteiger partial charge in [0, 0.05) is 12.5 Å². The molecule has 2 aromatic rings. The third kappa shape index (κ3) is 4.74. The standard InChI is InChI=1S/C17H20F3N/c1-21-15(9-5-11-17(18,19)20)12-14-8-4-7-13-6-2-3-10-16(13)14/h2-4,6-8,10,15,21H,5,9,11-12H2,1H3. The third-order valence-electron chi connectivity index (χ3n) is 3.77. The fraction of sp³-hybridized carbons (Fsp3) is 0.412. The van der Waals surface area contributed by atoms with Crippen molar-refractivity contribution in [2.45, 2.75) is 37.9 Å². The summed E-state index contributed by atoms with van der Waals surface area (Å²) in [5.74, 6) is 0. The number of alkyl halides is 3. The van der Waals surface area contributed by atoms with Gasteiger partial charge in [-0.1, -0.05) is 42.5 Å². The zero-order chi connectivity index (χ0) is 15.3. The minimum atomic E-state index is -4.06. The van der Waals surface area contributed by atoms with Crippen molar-refractivity contribution in [2.24, 2.45) is 0 Å². The first-order valence-corrected chi connectivity index (χ1v) is 7.20. The molecule has 0 fully saturated rings. The van der Waals surface area contributed by atoms with E-state index in [4.69, 9.17) is 0 Å². The van der Waals surface area contributed by atoms with Crippen molar-refractivity contribution in [3.8, 4) is 0 Å². The lowest BCUT2D eigenvalue weighted by Gasteiger charge is -2.18. The highest BCUT2D eigenvalue weighted by molar-refractivity contribution is 5.85. The van der Waals surface area contributed by atoms with Crippen LogP contribution in [0.3, 0.4) is 0 Å². The van der Waals surface area contributed by atoms with E-state index >= 15 is 0 Å². The molecule has 0 saturated heterocycles. The van der Waals surface area contributed by atoms with Gasteiger partial charge < -0.3 is 5.32 Å². The van der Waals surface area contributed by atoms with Crippen molar-refractivity contribution in [2.75, 3.05) is 7.05 Å². The van der Waals surface area contributed by atoms with Gasteiger partial charge in [-0.05, 0) is 42.6 Å². The van der Waals surface area contributed by atoms with Gasteiger partial charge >= 0.3 is 6.18 Å². The molecular formula is C17H20F3N. The summed E-state index contributed by atoms with van der Waals surface area (Å²) in [6, 6.07) is 14.3. The summed E-state index contributed by atoms with van der Waals surface area (Å²) in [6.45, 7) is 0. The Morgan fingerprint density at radius 2 is 1.76 bits per heavy atom. The number of benzene rings is 2. The summed E-state index contributed by atoms with van der Waals surface area (Å²) in [5, 5.41) is 5.48. The Morgan fingerprint density at radius 3 is 2.48 bits per heavy atom. The van der Waals surface area contributed by atoms with Gasteiger partial charge in [0.1, 0.15) is 0 Å². The highest BCUT2D eigenvalue weighted by Crippen LogP contribution is 2.24. The number of hydrogen-bond acceptors (Lipinski definition) is 1. The van der Waals surface area contributed by atoms with Gasteiger partial charge in [0.15, 0.2) is 0 Å². The lowest BCUT2D eigenvalue weighted by Crippen LogP contribution is -2.28. The van der Waals surface area contributed by atoms with E-state index in [1.165, 1.54) is 16.3 Å². The topological polar surface area (TPSA) is 12.0 Å².